The van der Waals surface area contributed by atoms with E-state index in [-0.39, 0.29) is 11.9 Å². The largest absolute Gasteiger partial charge is 0.347 e. The highest BCUT2D eigenvalue weighted by atomic mass is 16.1. The zero-order valence-electron chi connectivity index (χ0n) is 12.7. The van der Waals surface area contributed by atoms with Gasteiger partial charge in [0.05, 0.1) is 6.04 Å². The lowest BCUT2D eigenvalue weighted by atomic mass is 10.1. The summed E-state index contributed by atoms with van der Waals surface area (Å²) in [6.45, 7) is 4.21. The molecule has 112 valence electrons. The highest BCUT2D eigenvalue weighted by molar-refractivity contribution is 5.94. The van der Waals surface area contributed by atoms with E-state index in [1.54, 1.807) is 12.4 Å². The summed E-state index contributed by atoms with van der Waals surface area (Å²) in [5, 5.41) is 3.02. The van der Waals surface area contributed by atoms with Crippen LogP contribution in [0.3, 0.4) is 0 Å². The number of imidazole rings is 1. The summed E-state index contributed by atoms with van der Waals surface area (Å²) < 4.78 is 0. The van der Waals surface area contributed by atoms with Gasteiger partial charge in [0, 0.05) is 18.0 Å². The smallest absolute Gasteiger partial charge is 0.251 e. The number of amides is 1. The number of unbranched alkanes of at least 4 members (excludes halogenated alkanes) is 1. The van der Waals surface area contributed by atoms with Gasteiger partial charge in [-0.25, -0.2) is 4.98 Å². The monoisotopic (exact) mass is 285 g/mol. The molecule has 0 bridgehead atoms. The summed E-state index contributed by atoms with van der Waals surface area (Å²) in [6, 6.07) is 7.80. The second kappa shape index (κ2) is 7.62. The predicted octanol–water partition coefficient (Wildman–Crippen LogP) is 3.63. The van der Waals surface area contributed by atoms with Gasteiger partial charge in [-0.1, -0.05) is 32.4 Å². The number of aromatic amines is 1. The Morgan fingerprint density at radius 1 is 1.29 bits per heavy atom. The Bertz CT molecular complexity index is 546. The first-order chi connectivity index (χ1) is 10.2. The van der Waals surface area contributed by atoms with Crippen LogP contribution in [0.5, 0.6) is 0 Å². The van der Waals surface area contributed by atoms with Crippen LogP contribution in [0, 0.1) is 0 Å². The fourth-order valence-corrected chi connectivity index (χ4v) is 2.28. The van der Waals surface area contributed by atoms with E-state index in [4.69, 9.17) is 0 Å². The third-order valence-electron chi connectivity index (χ3n) is 3.60. The molecule has 2 rings (SSSR count). The number of benzene rings is 1. The SMILES string of the molecule is CCCCc1ccc(C(=O)NC(CC)c2ncc[nH]2)cc1. The zero-order valence-corrected chi connectivity index (χ0v) is 12.7. The minimum absolute atomic E-state index is 0.0553. The molecule has 0 aliphatic rings. The van der Waals surface area contributed by atoms with Crippen LogP contribution in [-0.2, 0) is 6.42 Å². The molecular weight excluding hydrogens is 262 g/mol. The minimum atomic E-state index is -0.0766. The third kappa shape index (κ3) is 4.18. The molecule has 2 N–H and O–H groups in total. The number of hydrogen-bond acceptors (Lipinski definition) is 2. The van der Waals surface area contributed by atoms with E-state index in [9.17, 15) is 4.79 Å². The quantitative estimate of drug-likeness (QED) is 0.816. The second-order valence-electron chi connectivity index (χ2n) is 5.21. The molecule has 1 aromatic heterocycles. The van der Waals surface area contributed by atoms with Crippen LogP contribution >= 0.6 is 0 Å². The van der Waals surface area contributed by atoms with Crippen LogP contribution < -0.4 is 5.32 Å². The van der Waals surface area contributed by atoms with Crippen molar-refractivity contribution in [2.75, 3.05) is 0 Å². The number of carbonyl (C=O) groups is 1. The molecule has 0 aliphatic carbocycles. The van der Waals surface area contributed by atoms with Gasteiger partial charge >= 0.3 is 0 Å². The van der Waals surface area contributed by atoms with Gasteiger partial charge in [0.2, 0.25) is 0 Å². The van der Waals surface area contributed by atoms with E-state index in [0.717, 1.165) is 18.7 Å². The molecule has 2 aromatic rings. The van der Waals surface area contributed by atoms with Crippen LogP contribution in [0.1, 0.15) is 60.9 Å². The Hall–Kier alpha value is -2.10. The van der Waals surface area contributed by atoms with Crippen LogP contribution in [0.15, 0.2) is 36.7 Å². The van der Waals surface area contributed by atoms with Gasteiger partial charge in [-0.2, -0.15) is 0 Å². The van der Waals surface area contributed by atoms with Gasteiger partial charge in [0.15, 0.2) is 0 Å². The van der Waals surface area contributed by atoms with Crippen LogP contribution in [0.25, 0.3) is 0 Å². The van der Waals surface area contributed by atoms with Crippen molar-refractivity contribution in [3.05, 3.63) is 53.6 Å². The van der Waals surface area contributed by atoms with E-state index in [0.29, 0.717) is 5.56 Å². The molecule has 1 unspecified atom stereocenters. The van der Waals surface area contributed by atoms with Crippen molar-refractivity contribution in [3.63, 3.8) is 0 Å². The van der Waals surface area contributed by atoms with Crippen LogP contribution in [-0.4, -0.2) is 15.9 Å². The summed E-state index contributed by atoms with van der Waals surface area (Å²) >= 11 is 0. The number of hydrogen-bond donors (Lipinski definition) is 2. The Balaban J connectivity index is 1.99. The third-order valence-corrected chi connectivity index (χ3v) is 3.60. The molecule has 1 heterocycles. The first kappa shape index (κ1) is 15.3. The summed E-state index contributed by atoms with van der Waals surface area (Å²) in [6.07, 6.45) is 7.71. The molecular formula is C17H23N3O. The van der Waals surface area contributed by atoms with Crippen molar-refractivity contribution in [3.8, 4) is 0 Å². The molecule has 1 amide bonds. The minimum Gasteiger partial charge on any atom is -0.347 e. The number of nitrogens with zero attached hydrogens (tertiary/aromatic N) is 1. The topological polar surface area (TPSA) is 57.8 Å². The molecule has 0 saturated heterocycles. The molecule has 0 spiro atoms. The Morgan fingerprint density at radius 3 is 2.62 bits per heavy atom. The maximum absolute atomic E-state index is 12.3. The van der Waals surface area contributed by atoms with Crippen molar-refractivity contribution < 1.29 is 4.79 Å². The molecule has 0 saturated carbocycles. The lowest BCUT2D eigenvalue weighted by molar-refractivity contribution is 0.0934. The molecule has 0 radical (unpaired) electrons. The van der Waals surface area contributed by atoms with E-state index < -0.39 is 0 Å². The zero-order chi connectivity index (χ0) is 15.1. The van der Waals surface area contributed by atoms with E-state index >= 15 is 0 Å². The molecule has 4 heteroatoms. The van der Waals surface area contributed by atoms with E-state index in [1.165, 1.54) is 18.4 Å². The Morgan fingerprint density at radius 2 is 2.05 bits per heavy atom. The second-order valence-corrected chi connectivity index (χ2v) is 5.21. The first-order valence-corrected chi connectivity index (χ1v) is 7.63. The number of nitrogens with one attached hydrogen (secondary N) is 2. The van der Waals surface area contributed by atoms with Crippen molar-refractivity contribution in [1.29, 1.82) is 0 Å². The molecule has 21 heavy (non-hydrogen) atoms. The molecule has 0 fully saturated rings. The standard InChI is InChI=1S/C17H23N3O/c1-3-5-6-13-7-9-14(10-8-13)17(21)20-15(4-2)16-18-11-12-19-16/h7-12,15H,3-6H2,1-2H3,(H,18,19)(H,20,21). The highest BCUT2D eigenvalue weighted by Crippen LogP contribution is 2.13. The van der Waals surface area contributed by atoms with Gasteiger partial charge in [-0.05, 0) is 37.0 Å². The number of carbonyl (C=O) groups excluding carboxylic acids is 1. The van der Waals surface area contributed by atoms with Crippen molar-refractivity contribution in [2.45, 2.75) is 45.6 Å². The van der Waals surface area contributed by atoms with Crippen molar-refractivity contribution in [2.24, 2.45) is 0 Å². The summed E-state index contributed by atoms with van der Waals surface area (Å²) in [5.74, 6) is 0.741. The predicted molar refractivity (Wildman–Crippen MR) is 84.1 cm³/mol. The van der Waals surface area contributed by atoms with Gasteiger partial charge in [-0.15, -0.1) is 0 Å². The number of aromatic nitrogens is 2. The fourth-order valence-electron chi connectivity index (χ4n) is 2.28. The van der Waals surface area contributed by atoms with Gasteiger partial charge in [-0.3, -0.25) is 4.79 Å². The fraction of sp³-hybridized carbons (Fsp3) is 0.412. The van der Waals surface area contributed by atoms with Gasteiger partial charge < -0.3 is 10.3 Å². The summed E-state index contributed by atoms with van der Waals surface area (Å²) in [4.78, 5) is 19.5. The average Bonchev–Trinajstić information content (AvgIpc) is 3.05. The van der Waals surface area contributed by atoms with Crippen LogP contribution in [0.4, 0.5) is 0 Å². The summed E-state index contributed by atoms with van der Waals surface area (Å²) in [7, 11) is 0. The maximum atomic E-state index is 12.3. The van der Waals surface area contributed by atoms with Gasteiger partial charge in [0.1, 0.15) is 5.82 Å². The molecule has 4 nitrogen and oxygen atoms in total. The molecule has 1 atom stereocenters. The van der Waals surface area contributed by atoms with Gasteiger partial charge in [0.25, 0.3) is 5.91 Å². The normalized spacial score (nSPS) is 12.1. The number of aryl methyl sites for hydroxylation is 1. The van der Waals surface area contributed by atoms with Crippen molar-refractivity contribution in [1.82, 2.24) is 15.3 Å². The average molecular weight is 285 g/mol. The van der Waals surface area contributed by atoms with Crippen LogP contribution in [0.2, 0.25) is 0 Å². The maximum Gasteiger partial charge on any atom is 0.251 e. The lowest BCUT2D eigenvalue weighted by Crippen LogP contribution is -2.28. The Kier molecular flexibility index (Phi) is 5.55. The van der Waals surface area contributed by atoms with E-state index in [1.807, 2.05) is 31.2 Å². The lowest BCUT2D eigenvalue weighted by Gasteiger charge is -2.14. The number of rotatable bonds is 7. The highest BCUT2D eigenvalue weighted by Gasteiger charge is 2.15. The molecule has 0 aliphatic heterocycles. The van der Waals surface area contributed by atoms with E-state index in [2.05, 4.69) is 22.2 Å². The molecule has 1 aromatic carbocycles. The number of H-pyrrole nitrogens is 1. The first-order valence-electron chi connectivity index (χ1n) is 7.63. The van der Waals surface area contributed by atoms with Crippen molar-refractivity contribution >= 4 is 5.91 Å². The Labute approximate surface area is 126 Å². The summed E-state index contributed by atoms with van der Waals surface area (Å²) in [5.41, 5.74) is 1.98.